The van der Waals surface area contributed by atoms with Gasteiger partial charge in [0.2, 0.25) is 0 Å². The van der Waals surface area contributed by atoms with Crippen LogP contribution in [-0.2, 0) is 11.4 Å². The highest BCUT2D eigenvalue weighted by Gasteiger charge is 2.35. The third-order valence-corrected chi connectivity index (χ3v) is 3.79. The van der Waals surface area contributed by atoms with Crippen molar-refractivity contribution in [1.29, 1.82) is 0 Å². The largest absolute Gasteiger partial charge is 0.480 e. The summed E-state index contributed by atoms with van der Waals surface area (Å²) in [6.45, 7) is 2.40. The van der Waals surface area contributed by atoms with Crippen molar-refractivity contribution in [2.75, 3.05) is 6.54 Å². The molecule has 1 saturated heterocycles. The Morgan fingerprint density at radius 1 is 1.30 bits per heavy atom. The van der Waals surface area contributed by atoms with Crippen LogP contribution in [0, 0.1) is 5.92 Å². The van der Waals surface area contributed by atoms with Gasteiger partial charge in [-0.1, -0.05) is 19.1 Å². The number of hydrogen-bond donors (Lipinski definition) is 2. The maximum absolute atomic E-state index is 12.4. The molecule has 1 heterocycles. The average molecular weight is 277 g/mol. The Kier molecular flexibility index (Phi) is 4.39. The fraction of sp³-hybridized carbons (Fsp3) is 0.467. The molecule has 2 unspecified atom stereocenters. The number of aliphatic carboxylic acids is 1. The molecule has 0 aromatic heterocycles. The molecule has 1 aromatic rings. The van der Waals surface area contributed by atoms with Gasteiger partial charge in [-0.3, -0.25) is 4.79 Å². The third-order valence-electron chi connectivity index (χ3n) is 3.79. The van der Waals surface area contributed by atoms with E-state index in [1.165, 1.54) is 4.90 Å². The van der Waals surface area contributed by atoms with E-state index in [-0.39, 0.29) is 12.5 Å². The van der Waals surface area contributed by atoms with Crippen LogP contribution in [0.2, 0.25) is 0 Å². The minimum atomic E-state index is -0.947. The predicted octanol–water partition coefficient (Wildman–Crippen LogP) is 1.50. The van der Waals surface area contributed by atoms with Gasteiger partial charge in [0.1, 0.15) is 6.04 Å². The van der Waals surface area contributed by atoms with E-state index in [0.717, 1.165) is 12.0 Å². The first-order valence-corrected chi connectivity index (χ1v) is 6.76. The fourth-order valence-corrected chi connectivity index (χ4v) is 2.54. The lowest BCUT2D eigenvalue weighted by Crippen LogP contribution is -2.49. The minimum absolute atomic E-state index is 0.0759. The van der Waals surface area contributed by atoms with Crippen LogP contribution >= 0.6 is 0 Å². The monoisotopic (exact) mass is 277 g/mol. The summed E-state index contributed by atoms with van der Waals surface area (Å²) >= 11 is 0. The van der Waals surface area contributed by atoms with Gasteiger partial charge in [0, 0.05) is 12.1 Å². The van der Waals surface area contributed by atoms with Gasteiger partial charge in [-0.2, -0.15) is 0 Å². The lowest BCUT2D eigenvalue weighted by Gasteiger charge is -2.36. The van der Waals surface area contributed by atoms with Crippen molar-refractivity contribution >= 4 is 11.9 Å². The Labute approximate surface area is 117 Å². The molecule has 0 aliphatic carbocycles. The number of carboxylic acids is 1. The van der Waals surface area contributed by atoms with E-state index in [1.807, 2.05) is 6.92 Å². The van der Waals surface area contributed by atoms with Gasteiger partial charge in [-0.15, -0.1) is 0 Å². The van der Waals surface area contributed by atoms with E-state index >= 15 is 0 Å². The molecule has 2 rings (SSSR count). The fourth-order valence-electron chi connectivity index (χ4n) is 2.54. The first kappa shape index (κ1) is 14.5. The molecule has 0 radical (unpaired) electrons. The number of aliphatic hydroxyl groups is 1. The van der Waals surface area contributed by atoms with Crippen molar-refractivity contribution in [2.45, 2.75) is 32.4 Å². The van der Waals surface area contributed by atoms with Crippen molar-refractivity contribution in [1.82, 2.24) is 4.90 Å². The van der Waals surface area contributed by atoms with E-state index in [1.54, 1.807) is 24.3 Å². The van der Waals surface area contributed by atoms with Crippen LogP contribution in [0.25, 0.3) is 0 Å². The first-order chi connectivity index (χ1) is 9.52. The molecule has 5 heteroatoms. The van der Waals surface area contributed by atoms with Crippen molar-refractivity contribution in [3.63, 3.8) is 0 Å². The van der Waals surface area contributed by atoms with Crippen molar-refractivity contribution in [3.8, 4) is 0 Å². The molecule has 20 heavy (non-hydrogen) atoms. The standard InChI is InChI=1S/C15H19NO4/c1-10-6-7-16(13(8-10)15(19)20)14(18)12-4-2-11(9-17)3-5-12/h2-5,10,13,17H,6-9H2,1H3,(H,19,20). The molecule has 108 valence electrons. The van der Waals surface area contributed by atoms with E-state index in [2.05, 4.69) is 0 Å². The minimum Gasteiger partial charge on any atom is -0.480 e. The number of hydrogen-bond acceptors (Lipinski definition) is 3. The van der Waals surface area contributed by atoms with Crippen LogP contribution in [-0.4, -0.2) is 39.6 Å². The van der Waals surface area contributed by atoms with Gasteiger partial charge in [0.15, 0.2) is 0 Å². The molecule has 0 saturated carbocycles. The van der Waals surface area contributed by atoms with Crippen molar-refractivity contribution in [3.05, 3.63) is 35.4 Å². The quantitative estimate of drug-likeness (QED) is 0.877. The summed E-state index contributed by atoms with van der Waals surface area (Å²) in [7, 11) is 0. The van der Waals surface area contributed by atoms with Gasteiger partial charge in [0.25, 0.3) is 5.91 Å². The number of carbonyl (C=O) groups is 2. The Morgan fingerprint density at radius 2 is 1.95 bits per heavy atom. The third kappa shape index (κ3) is 2.99. The summed E-state index contributed by atoms with van der Waals surface area (Å²) in [6, 6.07) is 5.87. The zero-order valence-corrected chi connectivity index (χ0v) is 11.5. The number of rotatable bonds is 3. The maximum Gasteiger partial charge on any atom is 0.326 e. The van der Waals surface area contributed by atoms with Gasteiger partial charge >= 0.3 is 5.97 Å². The van der Waals surface area contributed by atoms with Crippen LogP contribution in [0.1, 0.15) is 35.7 Å². The van der Waals surface area contributed by atoms with E-state index in [9.17, 15) is 14.7 Å². The molecule has 1 amide bonds. The highest BCUT2D eigenvalue weighted by Crippen LogP contribution is 2.24. The molecular weight excluding hydrogens is 258 g/mol. The number of likely N-dealkylation sites (tertiary alicyclic amines) is 1. The van der Waals surface area contributed by atoms with E-state index < -0.39 is 12.0 Å². The number of amides is 1. The van der Waals surface area contributed by atoms with Gasteiger partial charge in [0.05, 0.1) is 6.61 Å². The summed E-state index contributed by atoms with van der Waals surface area (Å²) in [5.74, 6) is -0.886. The predicted molar refractivity (Wildman–Crippen MR) is 73.2 cm³/mol. The van der Waals surface area contributed by atoms with Crippen LogP contribution < -0.4 is 0 Å². The molecule has 1 aliphatic rings. The summed E-state index contributed by atoms with van der Waals surface area (Å²) < 4.78 is 0. The number of carbonyl (C=O) groups excluding carboxylic acids is 1. The first-order valence-electron chi connectivity index (χ1n) is 6.76. The van der Waals surface area contributed by atoms with Gasteiger partial charge in [-0.05, 0) is 36.5 Å². The normalized spacial score (nSPS) is 22.6. The lowest BCUT2D eigenvalue weighted by molar-refractivity contribution is -0.144. The molecule has 5 nitrogen and oxygen atoms in total. The summed E-state index contributed by atoms with van der Waals surface area (Å²) in [6.07, 6.45) is 1.32. The Hall–Kier alpha value is -1.88. The Morgan fingerprint density at radius 3 is 2.50 bits per heavy atom. The number of benzene rings is 1. The van der Waals surface area contributed by atoms with E-state index in [4.69, 9.17) is 5.11 Å². The van der Waals surface area contributed by atoms with Gasteiger partial charge in [-0.25, -0.2) is 4.79 Å². The number of piperidine rings is 1. The van der Waals surface area contributed by atoms with Crippen LogP contribution in [0.3, 0.4) is 0 Å². The maximum atomic E-state index is 12.4. The molecule has 0 spiro atoms. The molecule has 0 bridgehead atoms. The second kappa shape index (κ2) is 6.05. The zero-order chi connectivity index (χ0) is 14.7. The highest BCUT2D eigenvalue weighted by atomic mass is 16.4. The summed E-state index contributed by atoms with van der Waals surface area (Å²) in [4.78, 5) is 25.2. The Balaban J connectivity index is 2.19. The topological polar surface area (TPSA) is 77.8 Å². The van der Waals surface area contributed by atoms with Crippen LogP contribution in [0.15, 0.2) is 24.3 Å². The number of carboxylic acid groups (broad SMARTS) is 1. The Bertz CT molecular complexity index is 497. The molecule has 1 aromatic carbocycles. The SMILES string of the molecule is CC1CCN(C(=O)c2ccc(CO)cc2)C(C(=O)O)C1. The molecule has 2 N–H and O–H groups in total. The molecular formula is C15H19NO4. The lowest BCUT2D eigenvalue weighted by atomic mass is 9.92. The van der Waals surface area contributed by atoms with Crippen LogP contribution in [0.4, 0.5) is 0 Å². The number of nitrogens with zero attached hydrogens (tertiary/aromatic N) is 1. The molecule has 2 atom stereocenters. The zero-order valence-electron chi connectivity index (χ0n) is 11.5. The molecule has 1 fully saturated rings. The number of aliphatic hydroxyl groups excluding tert-OH is 1. The smallest absolute Gasteiger partial charge is 0.326 e. The summed E-state index contributed by atoms with van der Waals surface area (Å²) in [5, 5.41) is 18.3. The average Bonchev–Trinajstić information content (AvgIpc) is 2.46. The van der Waals surface area contributed by atoms with Crippen molar-refractivity contribution in [2.24, 2.45) is 5.92 Å². The van der Waals surface area contributed by atoms with E-state index in [0.29, 0.717) is 24.4 Å². The molecule has 1 aliphatic heterocycles. The second-order valence-corrected chi connectivity index (χ2v) is 5.34. The van der Waals surface area contributed by atoms with Crippen LogP contribution in [0.5, 0.6) is 0 Å². The summed E-state index contributed by atoms with van der Waals surface area (Å²) in [5.41, 5.74) is 1.19. The second-order valence-electron chi connectivity index (χ2n) is 5.34. The van der Waals surface area contributed by atoms with Crippen molar-refractivity contribution < 1.29 is 19.8 Å². The van der Waals surface area contributed by atoms with Gasteiger partial charge < -0.3 is 15.1 Å². The highest BCUT2D eigenvalue weighted by molar-refractivity contribution is 5.96.